The molecule has 2 aromatic rings. The van der Waals surface area contributed by atoms with Crippen LogP contribution in [0.5, 0.6) is 5.75 Å². The third kappa shape index (κ3) is 6.16. The van der Waals surface area contributed by atoms with Gasteiger partial charge in [-0.1, -0.05) is 13.3 Å². The Morgan fingerprint density at radius 2 is 1.91 bits per heavy atom. The fourth-order valence-electron chi connectivity index (χ4n) is 4.41. The maximum Gasteiger partial charge on any atom is 0.267 e. The van der Waals surface area contributed by atoms with E-state index in [0.717, 1.165) is 24.9 Å². The first-order valence-electron chi connectivity index (χ1n) is 12.1. The van der Waals surface area contributed by atoms with Crippen molar-refractivity contribution in [2.24, 2.45) is 12.8 Å². The molecule has 11 heteroatoms. The Labute approximate surface area is 207 Å². The van der Waals surface area contributed by atoms with Gasteiger partial charge < -0.3 is 30.4 Å². The van der Waals surface area contributed by atoms with Gasteiger partial charge in [0, 0.05) is 52.6 Å². The lowest BCUT2D eigenvalue weighted by molar-refractivity contribution is 0.0993. The highest BCUT2D eigenvalue weighted by Gasteiger charge is 2.29. The molecule has 0 atom stereocenters. The van der Waals surface area contributed by atoms with Crippen LogP contribution in [-0.4, -0.2) is 79.1 Å². The van der Waals surface area contributed by atoms with E-state index >= 15 is 0 Å². The number of aryl methyl sites for hydroxylation is 2. The van der Waals surface area contributed by atoms with Gasteiger partial charge in [0.25, 0.3) is 5.91 Å². The summed E-state index contributed by atoms with van der Waals surface area (Å²) in [5.41, 5.74) is 7.92. The molecule has 35 heavy (non-hydrogen) atoms. The number of sulfonamides is 1. The van der Waals surface area contributed by atoms with Crippen molar-refractivity contribution in [1.82, 2.24) is 13.8 Å². The van der Waals surface area contributed by atoms with Crippen LogP contribution in [0.1, 0.15) is 42.7 Å². The highest BCUT2D eigenvalue weighted by molar-refractivity contribution is 7.89. The molecule has 0 radical (unpaired) electrons. The van der Waals surface area contributed by atoms with Crippen molar-refractivity contribution in [1.29, 1.82) is 0 Å². The van der Waals surface area contributed by atoms with Crippen LogP contribution in [0.2, 0.25) is 0 Å². The number of piperazine rings is 1. The van der Waals surface area contributed by atoms with Crippen LogP contribution in [0.4, 0.5) is 11.4 Å². The molecule has 194 valence electrons. The second-order valence-corrected chi connectivity index (χ2v) is 10.6. The summed E-state index contributed by atoms with van der Waals surface area (Å²) in [5.74, 6) is -0.0832. The number of hydrogen-bond acceptors (Lipinski definition) is 7. The van der Waals surface area contributed by atoms with Gasteiger partial charge >= 0.3 is 0 Å². The zero-order valence-corrected chi connectivity index (χ0v) is 21.6. The van der Waals surface area contributed by atoms with E-state index in [4.69, 9.17) is 15.6 Å². The maximum absolute atomic E-state index is 13.5. The number of anilines is 2. The molecule has 1 aromatic heterocycles. The van der Waals surface area contributed by atoms with E-state index in [1.807, 2.05) is 20.0 Å². The highest BCUT2D eigenvalue weighted by Crippen LogP contribution is 2.35. The Morgan fingerprint density at radius 3 is 2.51 bits per heavy atom. The minimum Gasteiger partial charge on any atom is -0.492 e. The Bertz CT molecular complexity index is 1120. The fourth-order valence-corrected chi connectivity index (χ4v) is 5.86. The number of nitrogens with zero attached hydrogens (tertiary/aromatic N) is 3. The van der Waals surface area contributed by atoms with Crippen LogP contribution in [0.3, 0.4) is 0 Å². The molecule has 1 aliphatic rings. The van der Waals surface area contributed by atoms with Gasteiger partial charge in [0.05, 0.1) is 22.9 Å². The number of aliphatic hydroxyl groups is 1. The minimum absolute atomic E-state index is 0.124. The number of amides is 1. The molecule has 0 saturated carbocycles. The van der Waals surface area contributed by atoms with E-state index < -0.39 is 15.9 Å². The Balaban J connectivity index is 1.93. The molecule has 2 heterocycles. The van der Waals surface area contributed by atoms with Gasteiger partial charge in [-0.3, -0.25) is 4.79 Å². The average molecular weight is 508 g/mol. The van der Waals surface area contributed by atoms with Crippen LogP contribution >= 0.6 is 0 Å². The Morgan fingerprint density at radius 1 is 1.20 bits per heavy atom. The summed E-state index contributed by atoms with van der Waals surface area (Å²) in [6.07, 6.45) is 4.14. The van der Waals surface area contributed by atoms with Crippen LogP contribution in [-0.2, 0) is 23.5 Å². The van der Waals surface area contributed by atoms with Gasteiger partial charge in [0.2, 0.25) is 10.0 Å². The molecular formula is C24H37N5O5S. The van der Waals surface area contributed by atoms with Crippen molar-refractivity contribution in [2.45, 2.75) is 38.0 Å². The number of nitrogens with one attached hydrogen (secondary N) is 1. The summed E-state index contributed by atoms with van der Waals surface area (Å²) in [6, 6.07) is 4.76. The summed E-state index contributed by atoms with van der Waals surface area (Å²) >= 11 is 0. The van der Waals surface area contributed by atoms with Crippen molar-refractivity contribution in [3.63, 3.8) is 0 Å². The van der Waals surface area contributed by atoms with Gasteiger partial charge in [-0.15, -0.1) is 0 Å². The molecule has 4 N–H and O–H groups in total. The molecular weight excluding hydrogens is 470 g/mol. The van der Waals surface area contributed by atoms with Gasteiger partial charge in [0.1, 0.15) is 11.4 Å². The molecule has 1 fully saturated rings. The lowest BCUT2D eigenvalue weighted by atomic mass is 10.1. The first kappa shape index (κ1) is 27.0. The topological polar surface area (TPSA) is 130 Å². The molecule has 1 aliphatic heterocycles. The number of carbonyl (C=O) groups excluding carboxylic acids is 1. The van der Waals surface area contributed by atoms with E-state index in [2.05, 4.69) is 10.2 Å². The van der Waals surface area contributed by atoms with Crippen molar-refractivity contribution in [3.8, 4) is 5.75 Å². The molecule has 3 rings (SSSR count). The van der Waals surface area contributed by atoms with Crippen LogP contribution in [0, 0.1) is 0 Å². The lowest BCUT2D eigenvalue weighted by Crippen LogP contribution is -2.48. The molecule has 1 aromatic carbocycles. The third-order valence-electron chi connectivity index (χ3n) is 6.12. The fraction of sp³-hybridized carbons (Fsp3) is 0.542. The number of primary amides is 1. The number of aromatic nitrogens is 1. The predicted molar refractivity (Wildman–Crippen MR) is 136 cm³/mol. The number of nitrogens with two attached hydrogens (primary N) is 1. The highest BCUT2D eigenvalue weighted by atomic mass is 32.2. The SMILES string of the molecule is CCCc1cn(C)c(C(N)=O)c1Nc1cc(S(=O)(=O)N2CCN(CCCO)CC2)ccc1OCC. The van der Waals surface area contributed by atoms with Crippen molar-refractivity contribution >= 4 is 27.3 Å². The summed E-state index contributed by atoms with van der Waals surface area (Å²) in [7, 11) is -1.97. The second kappa shape index (κ2) is 11.9. The first-order valence-corrected chi connectivity index (χ1v) is 13.5. The number of benzene rings is 1. The number of rotatable bonds is 12. The van der Waals surface area contributed by atoms with Crippen LogP contribution in [0.15, 0.2) is 29.3 Å². The third-order valence-corrected chi connectivity index (χ3v) is 8.02. The zero-order valence-electron chi connectivity index (χ0n) is 20.8. The second-order valence-electron chi connectivity index (χ2n) is 8.64. The van der Waals surface area contributed by atoms with E-state index in [-0.39, 0.29) is 11.5 Å². The largest absolute Gasteiger partial charge is 0.492 e. The Hall–Kier alpha value is -2.60. The molecule has 0 aliphatic carbocycles. The summed E-state index contributed by atoms with van der Waals surface area (Å²) in [6.45, 7) is 7.18. The molecule has 10 nitrogen and oxygen atoms in total. The summed E-state index contributed by atoms with van der Waals surface area (Å²) in [4.78, 5) is 14.5. The number of hydrogen-bond donors (Lipinski definition) is 3. The molecule has 0 spiro atoms. The van der Waals surface area contributed by atoms with Gasteiger partial charge in [0.15, 0.2) is 0 Å². The molecule has 0 bridgehead atoms. The van der Waals surface area contributed by atoms with Crippen molar-refractivity contribution in [2.75, 3.05) is 51.3 Å². The van der Waals surface area contributed by atoms with E-state index in [9.17, 15) is 13.2 Å². The van der Waals surface area contributed by atoms with Crippen LogP contribution in [0.25, 0.3) is 0 Å². The van der Waals surface area contributed by atoms with Gasteiger partial charge in [-0.2, -0.15) is 4.31 Å². The molecule has 1 saturated heterocycles. The lowest BCUT2D eigenvalue weighted by Gasteiger charge is -2.34. The molecule has 0 unspecified atom stereocenters. The van der Waals surface area contributed by atoms with Crippen molar-refractivity contribution < 1.29 is 23.1 Å². The number of carbonyl (C=O) groups is 1. The quantitative estimate of drug-likeness (QED) is 0.400. The standard InChI is InChI=1S/C24H37N5O5S/c1-4-7-18-17-27(3)23(24(25)31)22(18)26-20-16-19(8-9-21(20)34-5-2)35(32,33)29-13-11-28(12-14-29)10-6-15-30/h8-9,16-17,26,30H,4-7,10-15H2,1-3H3,(H2,25,31). The molecule has 1 amide bonds. The smallest absolute Gasteiger partial charge is 0.267 e. The van der Waals surface area contributed by atoms with Crippen LogP contribution < -0.4 is 15.8 Å². The average Bonchev–Trinajstić information content (AvgIpc) is 3.14. The van der Waals surface area contributed by atoms with Gasteiger partial charge in [-0.25, -0.2) is 8.42 Å². The van der Waals surface area contributed by atoms with E-state index in [1.165, 1.54) is 4.31 Å². The minimum atomic E-state index is -3.73. The number of ether oxygens (including phenoxy) is 1. The normalized spacial score (nSPS) is 15.3. The van der Waals surface area contributed by atoms with E-state index in [0.29, 0.717) is 62.0 Å². The van der Waals surface area contributed by atoms with Crippen molar-refractivity contribution in [3.05, 3.63) is 35.7 Å². The van der Waals surface area contributed by atoms with E-state index in [1.54, 1.807) is 29.8 Å². The maximum atomic E-state index is 13.5. The zero-order chi connectivity index (χ0) is 25.6. The van der Waals surface area contributed by atoms with Gasteiger partial charge in [-0.05, 0) is 43.5 Å². The predicted octanol–water partition coefficient (Wildman–Crippen LogP) is 1.91. The monoisotopic (exact) mass is 507 g/mol. The summed E-state index contributed by atoms with van der Waals surface area (Å²) in [5, 5.41) is 12.3. The number of aliphatic hydroxyl groups excluding tert-OH is 1. The first-order chi connectivity index (χ1) is 16.7. The Kier molecular flexibility index (Phi) is 9.17. The summed E-state index contributed by atoms with van der Waals surface area (Å²) < 4.78 is 35.8.